The van der Waals surface area contributed by atoms with E-state index in [-0.39, 0.29) is 5.41 Å². The Labute approximate surface area is 78.6 Å². The van der Waals surface area contributed by atoms with Gasteiger partial charge >= 0.3 is 0 Å². The Balaban J connectivity index is 2.40. The molecular weight excluding hydrogens is 162 g/mol. The minimum absolute atomic E-state index is 0.262. The van der Waals surface area contributed by atoms with Gasteiger partial charge in [-0.05, 0) is 19.8 Å². The van der Waals surface area contributed by atoms with Gasteiger partial charge in [0.25, 0.3) is 0 Å². The van der Waals surface area contributed by atoms with E-state index in [4.69, 9.17) is 0 Å². The van der Waals surface area contributed by atoms with Crippen molar-refractivity contribution in [2.75, 3.05) is 12.4 Å². The molecule has 1 fully saturated rings. The molecule has 1 aliphatic rings. The molecule has 13 heavy (non-hydrogen) atoms. The van der Waals surface area contributed by atoms with Crippen LogP contribution in [0, 0.1) is 6.92 Å². The lowest BCUT2D eigenvalue weighted by Crippen LogP contribution is -2.09. The molecule has 1 N–H and O–H groups in total. The molecule has 1 saturated carbocycles. The zero-order valence-corrected chi connectivity index (χ0v) is 8.39. The van der Waals surface area contributed by atoms with E-state index in [1.807, 2.05) is 20.0 Å². The van der Waals surface area contributed by atoms with Crippen LogP contribution in [0.25, 0.3) is 0 Å². The fourth-order valence-corrected chi connectivity index (χ4v) is 1.38. The highest BCUT2D eigenvalue weighted by molar-refractivity contribution is 5.36. The van der Waals surface area contributed by atoms with Crippen molar-refractivity contribution in [1.29, 1.82) is 0 Å². The number of aromatic nitrogens is 2. The Morgan fingerprint density at radius 3 is 2.62 bits per heavy atom. The summed E-state index contributed by atoms with van der Waals surface area (Å²) in [7, 11) is 1.89. The van der Waals surface area contributed by atoms with Crippen LogP contribution >= 0.6 is 0 Å². The van der Waals surface area contributed by atoms with Gasteiger partial charge in [0.2, 0.25) is 0 Å². The van der Waals surface area contributed by atoms with Crippen molar-refractivity contribution < 1.29 is 0 Å². The summed E-state index contributed by atoms with van der Waals surface area (Å²) in [4.78, 5) is 8.93. The molecule has 70 valence electrons. The third-order valence-corrected chi connectivity index (χ3v) is 2.65. The molecule has 3 nitrogen and oxygen atoms in total. The minimum Gasteiger partial charge on any atom is -0.373 e. The normalized spacial score (nSPS) is 18.4. The molecule has 1 aromatic rings. The quantitative estimate of drug-likeness (QED) is 0.749. The number of hydrogen-bond donors (Lipinski definition) is 1. The maximum Gasteiger partial charge on any atom is 0.136 e. The topological polar surface area (TPSA) is 37.8 Å². The van der Waals surface area contributed by atoms with Crippen LogP contribution in [0.2, 0.25) is 0 Å². The molecule has 2 rings (SSSR count). The third kappa shape index (κ3) is 1.50. The molecule has 1 aromatic heterocycles. The highest BCUT2D eigenvalue weighted by Gasteiger charge is 2.42. The van der Waals surface area contributed by atoms with Crippen molar-refractivity contribution in [2.45, 2.75) is 32.1 Å². The van der Waals surface area contributed by atoms with Crippen molar-refractivity contribution in [3.63, 3.8) is 0 Å². The largest absolute Gasteiger partial charge is 0.373 e. The second-order valence-corrected chi connectivity index (χ2v) is 4.03. The average molecular weight is 177 g/mol. The molecule has 0 amide bonds. The summed E-state index contributed by atoms with van der Waals surface area (Å²) in [6.45, 7) is 4.24. The number of hydrogen-bond acceptors (Lipinski definition) is 3. The molecule has 1 heterocycles. The summed E-state index contributed by atoms with van der Waals surface area (Å²) >= 11 is 0. The second-order valence-electron chi connectivity index (χ2n) is 4.03. The van der Waals surface area contributed by atoms with Crippen molar-refractivity contribution >= 4 is 5.82 Å². The van der Waals surface area contributed by atoms with Crippen molar-refractivity contribution in [2.24, 2.45) is 0 Å². The monoisotopic (exact) mass is 177 g/mol. The van der Waals surface area contributed by atoms with Gasteiger partial charge in [-0.2, -0.15) is 0 Å². The first-order valence-electron chi connectivity index (χ1n) is 4.68. The van der Waals surface area contributed by atoms with E-state index in [1.165, 1.54) is 12.8 Å². The number of aryl methyl sites for hydroxylation is 1. The van der Waals surface area contributed by atoms with Crippen LogP contribution in [0.1, 0.15) is 31.3 Å². The average Bonchev–Trinajstić information content (AvgIpc) is 2.84. The highest BCUT2D eigenvalue weighted by Crippen LogP contribution is 2.46. The van der Waals surface area contributed by atoms with Crippen LogP contribution in [0.4, 0.5) is 5.82 Å². The fraction of sp³-hybridized carbons (Fsp3) is 0.600. The zero-order valence-electron chi connectivity index (χ0n) is 8.39. The maximum absolute atomic E-state index is 4.46. The van der Waals surface area contributed by atoms with Gasteiger partial charge in [-0.3, -0.25) is 0 Å². The SMILES string of the molecule is CNc1cc(C)nc(C2(C)CC2)n1. The van der Waals surface area contributed by atoms with Crippen LogP contribution in [0.5, 0.6) is 0 Å². The Hall–Kier alpha value is -1.12. The number of rotatable bonds is 2. The van der Waals surface area contributed by atoms with Gasteiger partial charge in [0, 0.05) is 24.2 Å². The molecule has 0 atom stereocenters. The molecule has 1 aliphatic carbocycles. The van der Waals surface area contributed by atoms with Gasteiger partial charge < -0.3 is 5.32 Å². The van der Waals surface area contributed by atoms with E-state index in [2.05, 4.69) is 22.2 Å². The molecule has 0 saturated heterocycles. The second kappa shape index (κ2) is 2.69. The van der Waals surface area contributed by atoms with Crippen LogP contribution in [-0.2, 0) is 5.41 Å². The minimum atomic E-state index is 0.262. The smallest absolute Gasteiger partial charge is 0.136 e. The van der Waals surface area contributed by atoms with E-state index in [0.717, 1.165) is 17.3 Å². The Morgan fingerprint density at radius 2 is 2.08 bits per heavy atom. The van der Waals surface area contributed by atoms with Gasteiger partial charge in [-0.15, -0.1) is 0 Å². The van der Waals surface area contributed by atoms with Crippen molar-refractivity contribution in [3.8, 4) is 0 Å². The van der Waals surface area contributed by atoms with Gasteiger partial charge in [-0.1, -0.05) is 6.92 Å². The zero-order chi connectivity index (χ0) is 9.47. The number of nitrogens with one attached hydrogen (secondary N) is 1. The highest BCUT2D eigenvalue weighted by atomic mass is 15.0. The van der Waals surface area contributed by atoms with Gasteiger partial charge in [-0.25, -0.2) is 9.97 Å². The Kier molecular flexibility index (Phi) is 1.75. The Bertz CT molecular complexity index is 329. The van der Waals surface area contributed by atoms with Crippen LogP contribution in [-0.4, -0.2) is 17.0 Å². The lowest BCUT2D eigenvalue weighted by Gasteiger charge is -2.09. The van der Waals surface area contributed by atoms with Crippen molar-refractivity contribution in [3.05, 3.63) is 17.6 Å². The number of anilines is 1. The van der Waals surface area contributed by atoms with Crippen LogP contribution < -0.4 is 5.32 Å². The van der Waals surface area contributed by atoms with E-state index in [1.54, 1.807) is 0 Å². The summed E-state index contributed by atoms with van der Waals surface area (Å²) in [5.41, 5.74) is 1.31. The first-order valence-corrected chi connectivity index (χ1v) is 4.68. The van der Waals surface area contributed by atoms with Gasteiger partial charge in [0.1, 0.15) is 11.6 Å². The first-order chi connectivity index (χ1) is 6.14. The summed E-state index contributed by atoms with van der Waals surface area (Å²) in [5, 5.41) is 3.06. The van der Waals surface area contributed by atoms with Crippen LogP contribution in [0.15, 0.2) is 6.07 Å². The molecule has 0 aliphatic heterocycles. The summed E-state index contributed by atoms with van der Waals surface area (Å²) in [5.74, 6) is 1.92. The standard InChI is InChI=1S/C10H15N3/c1-7-6-8(11-3)13-9(12-7)10(2)4-5-10/h6H,4-5H2,1-3H3,(H,11,12,13). The van der Waals surface area contributed by atoms with E-state index < -0.39 is 0 Å². The summed E-state index contributed by atoms with van der Waals surface area (Å²) in [6.07, 6.45) is 2.44. The van der Waals surface area contributed by atoms with E-state index in [0.29, 0.717) is 0 Å². The summed E-state index contributed by atoms with van der Waals surface area (Å²) in [6, 6.07) is 1.97. The van der Waals surface area contributed by atoms with E-state index in [9.17, 15) is 0 Å². The predicted octanol–water partition coefficient (Wildman–Crippen LogP) is 1.88. The molecule has 0 radical (unpaired) electrons. The molecule has 0 unspecified atom stereocenters. The third-order valence-electron chi connectivity index (χ3n) is 2.65. The number of nitrogens with zero attached hydrogens (tertiary/aromatic N) is 2. The first kappa shape index (κ1) is 8.48. The molecule has 0 spiro atoms. The van der Waals surface area contributed by atoms with Crippen molar-refractivity contribution in [1.82, 2.24) is 9.97 Å². The predicted molar refractivity (Wildman–Crippen MR) is 52.9 cm³/mol. The Morgan fingerprint density at radius 1 is 1.38 bits per heavy atom. The van der Waals surface area contributed by atoms with Gasteiger partial charge in [0.15, 0.2) is 0 Å². The lowest BCUT2D eigenvalue weighted by molar-refractivity contribution is 0.704. The molecule has 0 bridgehead atoms. The van der Waals surface area contributed by atoms with Gasteiger partial charge in [0.05, 0.1) is 0 Å². The van der Waals surface area contributed by atoms with Crippen LogP contribution in [0.3, 0.4) is 0 Å². The lowest BCUT2D eigenvalue weighted by atomic mass is 10.1. The molecule has 0 aromatic carbocycles. The fourth-order valence-electron chi connectivity index (χ4n) is 1.38. The maximum atomic E-state index is 4.46. The molecule has 3 heteroatoms. The van der Waals surface area contributed by atoms with E-state index >= 15 is 0 Å². The molecular formula is C10H15N3. The summed E-state index contributed by atoms with van der Waals surface area (Å²) < 4.78 is 0.